The molecule has 0 aliphatic rings. The second-order valence-corrected chi connectivity index (χ2v) is 5.34. The first-order chi connectivity index (χ1) is 9.92. The van der Waals surface area contributed by atoms with Gasteiger partial charge in [0.25, 0.3) is 0 Å². The van der Waals surface area contributed by atoms with E-state index in [1.807, 2.05) is 36.1 Å². The Morgan fingerprint density at radius 1 is 1.24 bits per heavy atom. The summed E-state index contributed by atoms with van der Waals surface area (Å²) >= 11 is 0. The molecule has 116 valence electrons. The summed E-state index contributed by atoms with van der Waals surface area (Å²) in [6, 6.07) is 7.78. The van der Waals surface area contributed by atoms with Gasteiger partial charge in [-0.3, -0.25) is 14.5 Å². The number of carbonyl (C=O) groups is 2. The summed E-state index contributed by atoms with van der Waals surface area (Å²) in [6.45, 7) is 7.38. The van der Waals surface area contributed by atoms with Crippen LogP contribution < -0.4 is 5.32 Å². The predicted molar refractivity (Wildman–Crippen MR) is 83.5 cm³/mol. The third kappa shape index (κ3) is 6.40. The van der Waals surface area contributed by atoms with Gasteiger partial charge in [0, 0.05) is 12.2 Å². The minimum Gasteiger partial charge on any atom is -0.481 e. The van der Waals surface area contributed by atoms with Gasteiger partial charge in [-0.15, -0.1) is 0 Å². The Morgan fingerprint density at radius 3 is 2.33 bits per heavy atom. The SMILES string of the molecule is CCN(CCC(=O)O)CC(=O)Nc1ccc(C(C)C)cc1. The third-order valence-corrected chi connectivity index (χ3v) is 3.32. The van der Waals surface area contributed by atoms with Gasteiger partial charge in [-0.2, -0.15) is 0 Å². The molecule has 0 atom stereocenters. The maximum Gasteiger partial charge on any atom is 0.304 e. The molecule has 0 aliphatic heterocycles. The zero-order valence-corrected chi connectivity index (χ0v) is 12.9. The maximum atomic E-state index is 11.9. The number of nitrogens with zero attached hydrogens (tertiary/aromatic N) is 1. The molecule has 1 aromatic rings. The standard InChI is InChI=1S/C16H24N2O3/c1-4-18(10-9-16(20)21)11-15(19)17-14-7-5-13(6-8-14)12(2)3/h5-8,12H,4,9-11H2,1-3H3,(H,17,19)(H,20,21). The molecular weight excluding hydrogens is 268 g/mol. The number of carbonyl (C=O) groups excluding carboxylic acids is 1. The molecule has 2 N–H and O–H groups in total. The Labute approximate surface area is 126 Å². The lowest BCUT2D eigenvalue weighted by Gasteiger charge is -2.18. The van der Waals surface area contributed by atoms with Crippen LogP contribution in [0.25, 0.3) is 0 Å². The number of hydrogen-bond donors (Lipinski definition) is 2. The third-order valence-electron chi connectivity index (χ3n) is 3.32. The van der Waals surface area contributed by atoms with Gasteiger partial charge in [0.05, 0.1) is 13.0 Å². The first-order valence-electron chi connectivity index (χ1n) is 7.26. The Bertz CT molecular complexity index is 469. The highest BCUT2D eigenvalue weighted by atomic mass is 16.4. The van der Waals surface area contributed by atoms with Gasteiger partial charge in [-0.1, -0.05) is 32.9 Å². The molecule has 1 amide bonds. The summed E-state index contributed by atoms with van der Waals surface area (Å²) in [5, 5.41) is 11.5. The van der Waals surface area contributed by atoms with Crippen LogP contribution in [-0.4, -0.2) is 41.5 Å². The lowest BCUT2D eigenvalue weighted by molar-refractivity contribution is -0.137. The highest BCUT2D eigenvalue weighted by Gasteiger charge is 2.11. The number of nitrogens with one attached hydrogen (secondary N) is 1. The van der Waals surface area contributed by atoms with Gasteiger partial charge < -0.3 is 10.4 Å². The number of aliphatic carboxylic acids is 1. The molecule has 0 spiro atoms. The number of carboxylic acids is 1. The molecule has 0 saturated carbocycles. The van der Waals surface area contributed by atoms with E-state index in [0.29, 0.717) is 19.0 Å². The summed E-state index contributed by atoms with van der Waals surface area (Å²) in [5.41, 5.74) is 1.99. The second-order valence-electron chi connectivity index (χ2n) is 5.34. The predicted octanol–water partition coefficient (Wildman–Crippen LogP) is 2.55. The van der Waals surface area contributed by atoms with Gasteiger partial charge in [0.1, 0.15) is 0 Å². The van der Waals surface area contributed by atoms with E-state index in [2.05, 4.69) is 19.2 Å². The van der Waals surface area contributed by atoms with E-state index in [4.69, 9.17) is 5.11 Å². The van der Waals surface area contributed by atoms with E-state index in [-0.39, 0.29) is 18.9 Å². The molecule has 0 fully saturated rings. The fraction of sp³-hybridized carbons (Fsp3) is 0.500. The number of likely N-dealkylation sites (N-methyl/N-ethyl adjacent to an activating group) is 1. The fourth-order valence-electron chi connectivity index (χ4n) is 1.96. The normalized spacial score (nSPS) is 10.9. The minimum absolute atomic E-state index is 0.0458. The highest BCUT2D eigenvalue weighted by Crippen LogP contribution is 2.17. The summed E-state index contributed by atoms with van der Waals surface area (Å²) in [4.78, 5) is 24.3. The van der Waals surface area contributed by atoms with E-state index in [9.17, 15) is 9.59 Å². The molecule has 0 radical (unpaired) electrons. The number of rotatable bonds is 8. The molecule has 0 heterocycles. The first kappa shape index (κ1) is 17.2. The Hall–Kier alpha value is -1.88. The van der Waals surface area contributed by atoms with Gasteiger partial charge in [0.2, 0.25) is 5.91 Å². The number of amides is 1. The van der Waals surface area contributed by atoms with E-state index in [0.717, 1.165) is 5.69 Å². The Morgan fingerprint density at radius 2 is 1.86 bits per heavy atom. The number of hydrogen-bond acceptors (Lipinski definition) is 3. The van der Waals surface area contributed by atoms with Crippen molar-refractivity contribution >= 4 is 17.6 Å². The van der Waals surface area contributed by atoms with Gasteiger partial charge in [-0.25, -0.2) is 0 Å². The van der Waals surface area contributed by atoms with Crippen molar-refractivity contribution in [3.63, 3.8) is 0 Å². The first-order valence-corrected chi connectivity index (χ1v) is 7.26. The lowest BCUT2D eigenvalue weighted by Crippen LogP contribution is -2.34. The summed E-state index contributed by atoms with van der Waals surface area (Å²) in [7, 11) is 0. The molecular formula is C16H24N2O3. The zero-order valence-electron chi connectivity index (χ0n) is 12.9. The van der Waals surface area contributed by atoms with Crippen molar-refractivity contribution in [1.82, 2.24) is 4.90 Å². The van der Waals surface area contributed by atoms with Crippen LogP contribution in [0.15, 0.2) is 24.3 Å². The van der Waals surface area contributed by atoms with Crippen LogP contribution in [0.2, 0.25) is 0 Å². The van der Waals surface area contributed by atoms with Crippen molar-refractivity contribution in [2.24, 2.45) is 0 Å². The average Bonchev–Trinajstić information content (AvgIpc) is 2.43. The van der Waals surface area contributed by atoms with E-state index >= 15 is 0 Å². The number of carboxylic acid groups (broad SMARTS) is 1. The van der Waals surface area contributed by atoms with Crippen LogP contribution in [0.3, 0.4) is 0 Å². The van der Waals surface area contributed by atoms with Crippen LogP contribution in [0.1, 0.15) is 38.7 Å². The highest BCUT2D eigenvalue weighted by molar-refractivity contribution is 5.92. The number of benzene rings is 1. The average molecular weight is 292 g/mol. The van der Waals surface area contributed by atoms with Crippen LogP contribution in [0.4, 0.5) is 5.69 Å². The molecule has 5 nitrogen and oxygen atoms in total. The van der Waals surface area contributed by atoms with E-state index in [1.54, 1.807) is 0 Å². The summed E-state index contributed by atoms with van der Waals surface area (Å²) < 4.78 is 0. The quantitative estimate of drug-likeness (QED) is 0.772. The smallest absolute Gasteiger partial charge is 0.304 e. The minimum atomic E-state index is -0.849. The largest absolute Gasteiger partial charge is 0.481 e. The Balaban J connectivity index is 2.49. The monoisotopic (exact) mass is 292 g/mol. The van der Waals surface area contributed by atoms with Crippen LogP contribution in [-0.2, 0) is 9.59 Å². The van der Waals surface area contributed by atoms with Crippen molar-refractivity contribution in [2.75, 3.05) is 25.0 Å². The van der Waals surface area contributed by atoms with Crippen LogP contribution in [0, 0.1) is 0 Å². The zero-order chi connectivity index (χ0) is 15.8. The summed E-state index contributed by atoms with van der Waals surface area (Å²) in [6.07, 6.45) is 0.0458. The molecule has 0 aromatic heterocycles. The molecule has 0 aliphatic carbocycles. The van der Waals surface area contributed by atoms with Gasteiger partial charge in [0.15, 0.2) is 0 Å². The maximum absolute atomic E-state index is 11.9. The number of anilines is 1. The molecule has 1 aromatic carbocycles. The molecule has 1 rings (SSSR count). The lowest BCUT2D eigenvalue weighted by atomic mass is 10.0. The van der Waals surface area contributed by atoms with Gasteiger partial charge >= 0.3 is 5.97 Å². The van der Waals surface area contributed by atoms with Crippen molar-refractivity contribution in [3.8, 4) is 0 Å². The molecule has 21 heavy (non-hydrogen) atoms. The van der Waals surface area contributed by atoms with Crippen LogP contribution in [0.5, 0.6) is 0 Å². The Kier molecular flexibility index (Phi) is 6.88. The molecule has 0 saturated heterocycles. The van der Waals surface area contributed by atoms with Crippen LogP contribution >= 0.6 is 0 Å². The van der Waals surface area contributed by atoms with Crippen molar-refractivity contribution < 1.29 is 14.7 Å². The fourth-order valence-corrected chi connectivity index (χ4v) is 1.96. The molecule has 5 heteroatoms. The van der Waals surface area contributed by atoms with Crippen molar-refractivity contribution in [1.29, 1.82) is 0 Å². The molecule has 0 unspecified atom stereocenters. The molecule has 0 bridgehead atoms. The topological polar surface area (TPSA) is 69.6 Å². The van der Waals surface area contributed by atoms with Crippen molar-refractivity contribution in [2.45, 2.75) is 33.1 Å². The van der Waals surface area contributed by atoms with Gasteiger partial charge in [-0.05, 0) is 30.2 Å². The summed E-state index contributed by atoms with van der Waals surface area (Å²) in [5.74, 6) is -0.515. The van der Waals surface area contributed by atoms with E-state index < -0.39 is 5.97 Å². The second kappa shape index (κ2) is 8.42. The van der Waals surface area contributed by atoms with Crippen molar-refractivity contribution in [3.05, 3.63) is 29.8 Å². The van der Waals surface area contributed by atoms with E-state index in [1.165, 1.54) is 5.56 Å².